The van der Waals surface area contributed by atoms with Gasteiger partial charge in [0.1, 0.15) is 13.7 Å². The maximum Gasteiger partial charge on any atom is 0.417 e. The molecule has 3 rings (SSSR count). The molecule has 0 saturated carbocycles. The monoisotopic (exact) mass is 390 g/mol. The number of nitrogens with zero attached hydrogens (tertiary/aromatic N) is 4. The zero-order valence-corrected chi connectivity index (χ0v) is 15.1. The number of ether oxygens (including phenoxy) is 1. The Morgan fingerprint density at radius 1 is 1.14 bits per heavy atom. The molecule has 28 heavy (non-hydrogen) atoms. The van der Waals surface area contributed by atoms with E-state index in [1.807, 2.05) is 31.3 Å². The number of rotatable bonds is 6. The molecule has 0 unspecified atom stereocenters. The van der Waals surface area contributed by atoms with Gasteiger partial charge >= 0.3 is 6.18 Å². The van der Waals surface area contributed by atoms with Crippen molar-refractivity contribution in [1.29, 1.82) is 0 Å². The third-order valence-corrected chi connectivity index (χ3v) is 3.93. The van der Waals surface area contributed by atoms with Crippen molar-refractivity contribution in [2.24, 2.45) is 12.2 Å². The van der Waals surface area contributed by atoms with Crippen molar-refractivity contribution in [2.45, 2.75) is 12.8 Å². The van der Waals surface area contributed by atoms with E-state index >= 15 is 0 Å². The molecule has 146 valence electrons. The highest BCUT2D eigenvalue weighted by atomic mass is 19.4. The van der Waals surface area contributed by atoms with Crippen LogP contribution in [0.4, 0.5) is 13.2 Å². The van der Waals surface area contributed by atoms with Crippen LogP contribution in [0.25, 0.3) is 0 Å². The molecule has 0 aliphatic rings. The van der Waals surface area contributed by atoms with Crippen LogP contribution in [-0.4, -0.2) is 27.4 Å². The summed E-state index contributed by atoms with van der Waals surface area (Å²) in [7, 11) is 3.27. The lowest BCUT2D eigenvalue weighted by Crippen LogP contribution is -2.14. The molecular weight excluding hydrogens is 373 g/mol. The number of alkyl halides is 3. The molecule has 0 aliphatic heterocycles. The highest BCUT2D eigenvalue weighted by Gasteiger charge is 2.30. The molecule has 0 aliphatic carbocycles. The van der Waals surface area contributed by atoms with E-state index in [0.29, 0.717) is 11.5 Å². The zero-order valence-electron chi connectivity index (χ0n) is 15.1. The van der Waals surface area contributed by atoms with Crippen LogP contribution < -0.4 is 4.74 Å². The summed E-state index contributed by atoms with van der Waals surface area (Å²) in [6.07, 6.45) is -0.268. The highest BCUT2D eigenvalue weighted by Crippen LogP contribution is 2.29. The van der Waals surface area contributed by atoms with Crippen LogP contribution in [-0.2, 0) is 24.7 Å². The van der Waals surface area contributed by atoms with Gasteiger partial charge in [-0.2, -0.15) is 13.2 Å². The molecule has 0 saturated heterocycles. The summed E-state index contributed by atoms with van der Waals surface area (Å²) < 4.78 is 45.3. The Morgan fingerprint density at radius 2 is 1.93 bits per heavy atom. The first-order valence-corrected chi connectivity index (χ1v) is 8.23. The van der Waals surface area contributed by atoms with E-state index < -0.39 is 11.7 Å². The fraction of sp³-hybridized carbons (Fsp3) is 0.211. The lowest BCUT2D eigenvalue weighted by molar-refractivity contribution is -0.137. The van der Waals surface area contributed by atoms with Crippen LogP contribution in [0.5, 0.6) is 5.88 Å². The minimum atomic E-state index is -4.44. The Kier molecular flexibility index (Phi) is 5.62. The van der Waals surface area contributed by atoms with E-state index in [4.69, 9.17) is 9.57 Å². The molecule has 0 fully saturated rings. The first-order valence-electron chi connectivity index (χ1n) is 8.23. The van der Waals surface area contributed by atoms with Gasteiger partial charge in [-0.05, 0) is 11.6 Å². The lowest BCUT2D eigenvalue weighted by Gasteiger charge is -2.13. The quantitative estimate of drug-likeness (QED) is 0.474. The third kappa shape index (κ3) is 4.30. The Morgan fingerprint density at radius 3 is 2.54 bits per heavy atom. The predicted molar refractivity (Wildman–Crippen MR) is 95.9 cm³/mol. The van der Waals surface area contributed by atoms with Crippen LogP contribution in [0.15, 0.2) is 60.1 Å². The number of aromatic nitrogens is 3. The minimum Gasteiger partial charge on any atom is -0.473 e. The normalized spacial score (nSPS) is 12.1. The fourth-order valence-electron chi connectivity index (χ4n) is 2.56. The van der Waals surface area contributed by atoms with Crippen LogP contribution in [0.1, 0.15) is 22.5 Å². The molecule has 0 bridgehead atoms. The molecule has 2 heterocycles. The number of imidazole rings is 1. The topological polar surface area (TPSA) is 61.5 Å². The smallest absolute Gasteiger partial charge is 0.417 e. The molecule has 6 nitrogen and oxygen atoms in total. The Hall–Kier alpha value is -3.36. The Labute approximate surface area is 159 Å². The molecule has 0 N–H and O–H groups in total. The average molecular weight is 390 g/mol. The maximum absolute atomic E-state index is 12.6. The Bertz CT molecular complexity index is 966. The minimum absolute atomic E-state index is 0.0850. The van der Waals surface area contributed by atoms with Crippen molar-refractivity contribution in [2.75, 3.05) is 7.11 Å². The number of halogens is 3. The van der Waals surface area contributed by atoms with Crippen molar-refractivity contribution in [3.05, 3.63) is 77.5 Å². The molecule has 2 aromatic heterocycles. The van der Waals surface area contributed by atoms with Gasteiger partial charge in [0, 0.05) is 37.3 Å². The molecule has 0 amide bonds. The van der Waals surface area contributed by atoms with E-state index in [0.717, 1.165) is 23.4 Å². The van der Waals surface area contributed by atoms with Crippen molar-refractivity contribution in [1.82, 2.24) is 14.5 Å². The first-order chi connectivity index (χ1) is 13.4. The van der Waals surface area contributed by atoms with E-state index in [1.54, 1.807) is 17.0 Å². The standard InChI is InChI=1S/C19H17F3N4O2/c1-26-10-9-23-18(26)17(25-27-2)15-6-4-3-5-13(15)12-28-16-8-7-14(11-24-16)19(20,21)22/h3-11H,12H2,1-2H3/b25-17-. The number of oxime groups is 1. The molecule has 1 aromatic carbocycles. The van der Waals surface area contributed by atoms with E-state index in [2.05, 4.69) is 15.1 Å². The lowest BCUT2D eigenvalue weighted by atomic mass is 10.0. The SMILES string of the molecule is CO/N=C(/c1ccccc1COc1ccc(C(F)(F)F)cn1)c1nccn1C. The molecule has 9 heteroatoms. The van der Waals surface area contributed by atoms with Crippen molar-refractivity contribution in [3.8, 4) is 5.88 Å². The summed E-state index contributed by atoms with van der Waals surface area (Å²) in [5.41, 5.74) is 1.16. The van der Waals surface area contributed by atoms with Gasteiger partial charge in [0.2, 0.25) is 5.88 Å². The number of pyridine rings is 1. The molecular formula is C19H17F3N4O2. The van der Waals surface area contributed by atoms with Crippen LogP contribution in [0.3, 0.4) is 0 Å². The second kappa shape index (κ2) is 8.12. The van der Waals surface area contributed by atoms with Gasteiger partial charge in [-0.1, -0.05) is 29.4 Å². The number of hydrogen-bond acceptors (Lipinski definition) is 5. The second-order valence-electron chi connectivity index (χ2n) is 5.81. The van der Waals surface area contributed by atoms with Crippen molar-refractivity contribution < 1.29 is 22.7 Å². The van der Waals surface area contributed by atoms with Crippen LogP contribution in [0, 0.1) is 0 Å². The van der Waals surface area contributed by atoms with E-state index in [-0.39, 0.29) is 12.5 Å². The summed E-state index contributed by atoms with van der Waals surface area (Å²) in [4.78, 5) is 13.0. The van der Waals surface area contributed by atoms with Gasteiger partial charge in [0.25, 0.3) is 0 Å². The molecule has 0 radical (unpaired) electrons. The van der Waals surface area contributed by atoms with Crippen LogP contribution >= 0.6 is 0 Å². The summed E-state index contributed by atoms with van der Waals surface area (Å²) in [5.74, 6) is 0.687. The largest absolute Gasteiger partial charge is 0.473 e. The van der Waals surface area contributed by atoms with Gasteiger partial charge in [-0.15, -0.1) is 0 Å². The Balaban J connectivity index is 1.84. The summed E-state index contributed by atoms with van der Waals surface area (Å²) in [6, 6.07) is 9.45. The number of hydrogen-bond donors (Lipinski definition) is 0. The summed E-state index contributed by atoms with van der Waals surface area (Å²) >= 11 is 0. The average Bonchev–Trinajstić information content (AvgIpc) is 3.10. The molecule has 3 aromatic rings. The number of benzene rings is 1. The second-order valence-corrected chi connectivity index (χ2v) is 5.81. The van der Waals surface area contributed by atoms with Gasteiger partial charge in [-0.25, -0.2) is 9.97 Å². The van der Waals surface area contributed by atoms with Crippen LogP contribution in [0.2, 0.25) is 0 Å². The van der Waals surface area contributed by atoms with Gasteiger partial charge in [0.15, 0.2) is 11.5 Å². The van der Waals surface area contributed by atoms with Crippen molar-refractivity contribution >= 4 is 5.71 Å². The summed E-state index contributed by atoms with van der Waals surface area (Å²) in [5, 5.41) is 4.09. The third-order valence-electron chi connectivity index (χ3n) is 3.93. The van der Waals surface area contributed by atoms with E-state index in [9.17, 15) is 13.2 Å². The number of aryl methyl sites for hydroxylation is 1. The van der Waals surface area contributed by atoms with Crippen molar-refractivity contribution in [3.63, 3.8) is 0 Å². The predicted octanol–water partition coefficient (Wildman–Crippen LogP) is 3.81. The van der Waals surface area contributed by atoms with E-state index in [1.165, 1.54) is 13.2 Å². The highest BCUT2D eigenvalue weighted by molar-refractivity contribution is 6.11. The molecule has 0 spiro atoms. The first kappa shape index (κ1) is 19.4. The van der Waals surface area contributed by atoms with Gasteiger partial charge in [0.05, 0.1) is 5.56 Å². The zero-order chi connectivity index (χ0) is 20.1. The molecule has 0 atom stereocenters. The maximum atomic E-state index is 12.6. The van der Waals surface area contributed by atoms with Gasteiger partial charge in [-0.3, -0.25) is 0 Å². The summed E-state index contributed by atoms with van der Waals surface area (Å²) in [6.45, 7) is 0.0850. The fourth-order valence-corrected chi connectivity index (χ4v) is 2.56. The van der Waals surface area contributed by atoms with Gasteiger partial charge < -0.3 is 14.1 Å².